The standard InChI is InChI=1S/C17H19N5S/c1-12-14(9-21(2)20-12)11-22-6-5-15-13(10-22)8-18-17(19-15)16-4-3-7-23-16/h3-4,7-9H,5-6,10-11H2,1-2H3. The van der Waals surface area contributed by atoms with Crippen LogP contribution in [0.15, 0.2) is 29.9 Å². The van der Waals surface area contributed by atoms with Crippen molar-refractivity contribution in [3.63, 3.8) is 0 Å². The lowest BCUT2D eigenvalue weighted by molar-refractivity contribution is 0.242. The summed E-state index contributed by atoms with van der Waals surface area (Å²) in [6.07, 6.45) is 5.09. The van der Waals surface area contributed by atoms with Gasteiger partial charge in [0.2, 0.25) is 0 Å². The molecule has 4 heterocycles. The highest BCUT2D eigenvalue weighted by Crippen LogP contribution is 2.24. The number of hydrogen-bond acceptors (Lipinski definition) is 5. The molecule has 3 aromatic rings. The summed E-state index contributed by atoms with van der Waals surface area (Å²) in [5.41, 5.74) is 4.86. The molecule has 0 spiro atoms. The van der Waals surface area contributed by atoms with Crippen molar-refractivity contribution in [2.24, 2.45) is 7.05 Å². The zero-order valence-electron chi connectivity index (χ0n) is 13.4. The highest BCUT2D eigenvalue weighted by molar-refractivity contribution is 7.13. The summed E-state index contributed by atoms with van der Waals surface area (Å²) in [5.74, 6) is 0.857. The minimum Gasteiger partial charge on any atom is -0.294 e. The molecule has 0 bridgehead atoms. The quantitative estimate of drug-likeness (QED) is 0.743. The zero-order chi connectivity index (χ0) is 15.8. The van der Waals surface area contributed by atoms with Gasteiger partial charge in [-0.1, -0.05) is 6.07 Å². The van der Waals surface area contributed by atoms with Crippen LogP contribution < -0.4 is 0 Å². The largest absolute Gasteiger partial charge is 0.294 e. The maximum Gasteiger partial charge on any atom is 0.169 e. The third kappa shape index (κ3) is 2.92. The molecule has 118 valence electrons. The van der Waals surface area contributed by atoms with E-state index in [0.29, 0.717) is 0 Å². The van der Waals surface area contributed by atoms with E-state index in [9.17, 15) is 0 Å². The van der Waals surface area contributed by atoms with Crippen molar-refractivity contribution in [3.05, 3.63) is 52.4 Å². The van der Waals surface area contributed by atoms with E-state index in [1.807, 2.05) is 24.0 Å². The first kappa shape index (κ1) is 14.5. The first-order valence-corrected chi connectivity index (χ1v) is 8.67. The second kappa shape index (κ2) is 5.86. The van der Waals surface area contributed by atoms with E-state index in [1.54, 1.807) is 11.3 Å². The van der Waals surface area contributed by atoms with E-state index >= 15 is 0 Å². The van der Waals surface area contributed by atoms with Gasteiger partial charge in [0.25, 0.3) is 0 Å². The second-order valence-corrected chi connectivity index (χ2v) is 6.96. The van der Waals surface area contributed by atoms with Crippen LogP contribution in [0, 0.1) is 6.92 Å². The molecule has 0 amide bonds. The van der Waals surface area contributed by atoms with Crippen molar-refractivity contribution in [1.82, 2.24) is 24.6 Å². The van der Waals surface area contributed by atoms with E-state index in [-0.39, 0.29) is 0 Å². The number of nitrogens with zero attached hydrogens (tertiary/aromatic N) is 5. The fourth-order valence-corrected chi connectivity index (χ4v) is 3.74. The first-order chi connectivity index (χ1) is 11.2. The summed E-state index contributed by atoms with van der Waals surface area (Å²) < 4.78 is 1.89. The maximum absolute atomic E-state index is 4.78. The van der Waals surface area contributed by atoms with Crippen molar-refractivity contribution in [3.8, 4) is 10.7 Å². The molecule has 0 radical (unpaired) electrons. The Labute approximate surface area is 139 Å². The van der Waals surface area contributed by atoms with Gasteiger partial charge in [-0.05, 0) is 18.4 Å². The summed E-state index contributed by atoms with van der Waals surface area (Å²) in [4.78, 5) is 12.9. The summed E-state index contributed by atoms with van der Waals surface area (Å²) in [5, 5.41) is 6.49. The number of rotatable bonds is 3. The van der Waals surface area contributed by atoms with Crippen LogP contribution in [0.4, 0.5) is 0 Å². The number of fused-ring (bicyclic) bond motifs is 1. The summed E-state index contributed by atoms with van der Waals surface area (Å²) in [7, 11) is 1.97. The van der Waals surface area contributed by atoms with Crippen LogP contribution in [0.5, 0.6) is 0 Å². The Kier molecular flexibility index (Phi) is 3.71. The second-order valence-electron chi connectivity index (χ2n) is 6.02. The highest BCUT2D eigenvalue weighted by Gasteiger charge is 2.20. The average Bonchev–Trinajstić information content (AvgIpc) is 3.17. The van der Waals surface area contributed by atoms with Gasteiger partial charge in [-0.2, -0.15) is 5.10 Å². The first-order valence-electron chi connectivity index (χ1n) is 7.79. The van der Waals surface area contributed by atoms with Crippen LogP contribution in [0.3, 0.4) is 0 Å². The third-order valence-corrected chi connectivity index (χ3v) is 5.13. The molecule has 5 nitrogen and oxygen atoms in total. The molecule has 0 N–H and O–H groups in total. The predicted octanol–water partition coefficient (Wildman–Crippen LogP) is 2.81. The van der Waals surface area contributed by atoms with Crippen molar-refractivity contribution in [2.45, 2.75) is 26.4 Å². The Hall–Kier alpha value is -2.05. The Morgan fingerprint density at radius 2 is 2.26 bits per heavy atom. The summed E-state index contributed by atoms with van der Waals surface area (Å²) >= 11 is 1.69. The van der Waals surface area contributed by atoms with Gasteiger partial charge in [0.05, 0.1) is 16.3 Å². The zero-order valence-corrected chi connectivity index (χ0v) is 14.2. The lowest BCUT2D eigenvalue weighted by Gasteiger charge is -2.27. The lowest BCUT2D eigenvalue weighted by Crippen LogP contribution is -2.31. The van der Waals surface area contributed by atoms with Gasteiger partial charge in [-0.15, -0.1) is 11.3 Å². The highest BCUT2D eigenvalue weighted by atomic mass is 32.1. The SMILES string of the molecule is Cc1nn(C)cc1CN1CCc2nc(-c3cccs3)ncc2C1. The molecule has 0 atom stereocenters. The van der Waals surface area contributed by atoms with Crippen LogP contribution in [-0.2, 0) is 26.6 Å². The molecule has 0 saturated heterocycles. The molecule has 0 saturated carbocycles. The van der Waals surface area contributed by atoms with E-state index in [2.05, 4.69) is 39.5 Å². The molecule has 0 aliphatic carbocycles. The lowest BCUT2D eigenvalue weighted by atomic mass is 10.1. The van der Waals surface area contributed by atoms with Gasteiger partial charge in [0, 0.05) is 56.6 Å². The molecular formula is C17H19N5S. The molecule has 0 aromatic carbocycles. The van der Waals surface area contributed by atoms with Gasteiger partial charge in [0.15, 0.2) is 5.82 Å². The van der Waals surface area contributed by atoms with Crippen LogP contribution in [0.2, 0.25) is 0 Å². The van der Waals surface area contributed by atoms with Crippen molar-refractivity contribution >= 4 is 11.3 Å². The minimum atomic E-state index is 0.857. The Morgan fingerprint density at radius 1 is 1.35 bits per heavy atom. The number of aromatic nitrogens is 4. The molecular weight excluding hydrogens is 306 g/mol. The molecule has 23 heavy (non-hydrogen) atoms. The van der Waals surface area contributed by atoms with E-state index in [0.717, 1.165) is 42.5 Å². The van der Waals surface area contributed by atoms with Crippen LogP contribution in [-0.4, -0.2) is 31.2 Å². The van der Waals surface area contributed by atoms with Crippen molar-refractivity contribution in [1.29, 1.82) is 0 Å². The number of thiophene rings is 1. The smallest absolute Gasteiger partial charge is 0.169 e. The van der Waals surface area contributed by atoms with Crippen molar-refractivity contribution < 1.29 is 0 Å². The molecule has 1 aliphatic heterocycles. The van der Waals surface area contributed by atoms with Crippen LogP contribution in [0.1, 0.15) is 22.5 Å². The molecule has 0 fully saturated rings. The summed E-state index contributed by atoms with van der Waals surface area (Å²) in [6, 6.07) is 4.12. The van der Waals surface area contributed by atoms with Gasteiger partial charge in [0.1, 0.15) is 0 Å². The normalized spacial score (nSPS) is 14.9. The molecule has 6 heteroatoms. The van der Waals surface area contributed by atoms with Gasteiger partial charge < -0.3 is 0 Å². The fraction of sp³-hybridized carbons (Fsp3) is 0.353. The molecule has 0 unspecified atom stereocenters. The van der Waals surface area contributed by atoms with Gasteiger partial charge >= 0.3 is 0 Å². The minimum absolute atomic E-state index is 0.857. The topological polar surface area (TPSA) is 46.8 Å². The van der Waals surface area contributed by atoms with Crippen LogP contribution in [0.25, 0.3) is 10.7 Å². The van der Waals surface area contributed by atoms with Crippen molar-refractivity contribution in [2.75, 3.05) is 6.54 Å². The Morgan fingerprint density at radius 3 is 3.00 bits per heavy atom. The maximum atomic E-state index is 4.78. The molecule has 1 aliphatic rings. The predicted molar refractivity (Wildman–Crippen MR) is 91.1 cm³/mol. The Balaban J connectivity index is 1.52. The van der Waals surface area contributed by atoms with E-state index in [4.69, 9.17) is 4.98 Å². The molecule has 3 aromatic heterocycles. The van der Waals surface area contributed by atoms with E-state index in [1.165, 1.54) is 16.8 Å². The third-order valence-electron chi connectivity index (χ3n) is 4.26. The number of aryl methyl sites for hydroxylation is 2. The monoisotopic (exact) mass is 325 g/mol. The van der Waals surface area contributed by atoms with E-state index < -0.39 is 0 Å². The fourth-order valence-electron chi connectivity index (χ4n) is 3.08. The number of hydrogen-bond donors (Lipinski definition) is 0. The summed E-state index contributed by atoms with van der Waals surface area (Å²) in [6.45, 7) is 4.95. The average molecular weight is 325 g/mol. The Bertz CT molecular complexity index is 822. The molecule has 4 rings (SSSR count). The van der Waals surface area contributed by atoms with Gasteiger partial charge in [-0.25, -0.2) is 9.97 Å². The van der Waals surface area contributed by atoms with Crippen LogP contribution >= 0.6 is 11.3 Å². The van der Waals surface area contributed by atoms with Gasteiger partial charge in [-0.3, -0.25) is 9.58 Å².